The molecule has 0 unspecified atom stereocenters. The molecule has 0 amide bonds. The van der Waals surface area contributed by atoms with Gasteiger partial charge in [-0.05, 0) is 30.2 Å². The fourth-order valence-corrected chi connectivity index (χ4v) is 3.02. The zero-order chi connectivity index (χ0) is 14.9. The Morgan fingerprint density at radius 1 is 1.18 bits per heavy atom. The molecule has 4 rings (SSSR count). The van der Waals surface area contributed by atoms with Crippen molar-refractivity contribution in [3.05, 3.63) is 54.4 Å². The number of nitrogens with zero attached hydrogens (tertiary/aromatic N) is 3. The van der Waals surface area contributed by atoms with Crippen molar-refractivity contribution < 1.29 is 4.74 Å². The molecule has 1 aliphatic heterocycles. The number of hydrogen-bond donors (Lipinski definition) is 1. The summed E-state index contributed by atoms with van der Waals surface area (Å²) in [5.74, 6) is 0. The van der Waals surface area contributed by atoms with Crippen LogP contribution in [0.3, 0.4) is 0 Å². The number of hydrogen-bond acceptors (Lipinski definition) is 4. The molecule has 5 heteroatoms. The molecule has 0 bridgehead atoms. The minimum Gasteiger partial charge on any atom is -0.371 e. The highest BCUT2D eigenvalue weighted by molar-refractivity contribution is 5.79. The van der Waals surface area contributed by atoms with Crippen LogP contribution in [-0.2, 0) is 4.74 Å². The molecular formula is C17H18N4O. The maximum atomic E-state index is 5.89. The Morgan fingerprint density at radius 3 is 2.86 bits per heavy atom. The third kappa shape index (κ3) is 2.28. The van der Waals surface area contributed by atoms with E-state index in [1.807, 2.05) is 18.3 Å². The third-order valence-electron chi connectivity index (χ3n) is 4.17. The summed E-state index contributed by atoms with van der Waals surface area (Å²) in [6.45, 7) is 3.84. The van der Waals surface area contributed by atoms with Crippen molar-refractivity contribution >= 4 is 5.52 Å². The summed E-state index contributed by atoms with van der Waals surface area (Å²) in [6, 6.07) is 12.8. The van der Waals surface area contributed by atoms with E-state index in [-0.39, 0.29) is 6.10 Å². The van der Waals surface area contributed by atoms with Gasteiger partial charge in [0.2, 0.25) is 0 Å². The molecule has 1 aromatic carbocycles. The van der Waals surface area contributed by atoms with Crippen LogP contribution in [0.15, 0.2) is 48.8 Å². The van der Waals surface area contributed by atoms with Crippen LogP contribution < -0.4 is 5.32 Å². The van der Waals surface area contributed by atoms with E-state index in [0.29, 0.717) is 6.04 Å². The molecule has 1 N–H and O–H groups in total. The maximum absolute atomic E-state index is 5.89. The lowest BCUT2D eigenvalue weighted by atomic mass is 9.99. The Hall–Kier alpha value is -2.24. The van der Waals surface area contributed by atoms with Crippen molar-refractivity contribution in [3.63, 3.8) is 0 Å². The van der Waals surface area contributed by atoms with Crippen LogP contribution in [0.5, 0.6) is 0 Å². The standard InChI is InChI=1S/C17H18N4O/c1-12-17(22-10-9-18-12)14-6-4-13(5-7-14)15-11-20-21-16(15)3-2-8-19-21/h2-8,11-12,17-18H,9-10H2,1H3/t12-,17+/m0/s1. The summed E-state index contributed by atoms with van der Waals surface area (Å²) in [7, 11) is 0. The predicted octanol–water partition coefficient (Wildman–Crippen LogP) is 2.45. The molecule has 3 heterocycles. The highest BCUT2D eigenvalue weighted by Crippen LogP contribution is 2.28. The van der Waals surface area contributed by atoms with E-state index in [9.17, 15) is 0 Å². The Labute approximate surface area is 128 Å². The largest absolute Gasteiger partial charge is 0.371 e. The van der Waals surface area contributed by atoms with Gasteiger partial charge in [-0.2, -0.15) is 14.8 Å². The summed E-state index contributed by atoms with van der Waals surface area (Å²) < 4.78 is 7.54. The lowest BCUT2D eigenvalue weighted by Gasteiger charge is -2.30. The number of nitrogens with one attached hydrogen (secondary N) is 1. The van der Waals surface area contributed by atoms with E-state index in [4.69, 9.17) is 4.74 Å². The van der Waals surface area contributed by atoms with Gasteiger partial charge < -0.3 is 10.1 Å². The Bertz CT molecular complexity index is 781. The summed E-state index contributed by atoms with van der Waals surface area (Å²) >= 11 is 0. The molecule has 112 valence electrons. The first-order valence-corrected chi connectivity index (χ1v) is 7.57. The smallest absolute Gasteiger partial charge is 0.0975 e. The minimum absolute atomic E-state index is 0.119. The van der Waals surface area contributed by atoms with E-state index >= 15 is 0 Å². The SMILES string of the molecule is C[C@@H]1NCCO[C@H]1c1ccc(-c2cnn3ncccc23)cc1. The van der Waals surface area contributed by atoms with Gasteiger partial charge in [0.1, 0.15) is 0 Å². The van der Waals surface area contributed by atoms with E-state index < -0.39 is 0 Å². The van der Waals surface area contributed by atoms with E-state index in [1.165, 1.54) is 5.56 Å². The molecule has 5 nitrogen and oxygen atoms in total. The number of rotatable bonds is 2. The van der Waals surface area contributed by atoms with E-state index in [0.717, 1.165) is 29.8 Å². The first-order valence-electron chi connectivity index (χ1n) is 7.57. The molecule has 3 aromatic rings. The Morgan fingerprint density at radius 2 is 2.05 bits per heavy atom. The van der Waals surface area contributed by atoms with Gasteiger partial charge in [-0.1, -0.05) is 24.3 Å². The monoisotopic (exact) mass is 294 g/mol. The number of ether oxygens (including phenoxy) is 1. The molecule has 1 fully saturated rings. The number of morpholine rings is 1. The zero-order valence-corrected chi connectivity index (χ0v) is 12.4. The lowest BCUT2D eigenvalue weighted by Crippen LogP contribution is -2.41. The van der Waals surface area contributed by atoms with Crippen LogP contribution in [0.4, 0.5) is 0 Å². The van der Waals surface area contributed by atoms with Gasteiger partial charge in [-0.25, -0.2) is 0 Å². The van der Waals surface area contributed by atoms with Crippen molar-refractivity contribution in [2.24, 2.45) is 0 Å². The van der Waals surface area contributed by atoms with Crippen molar-refractivity contribution in [1.82, 2.24) is 20.1 Å². The molecule has 2 atom stereocenters. The van der Waals surface area contributed by atoms with E-state index in [2.05, 4.69) is 46.7 Å². The molecule has 0 spiro atoms. The van der Waals surface area contributed by atoms with E-state index in [1.54, 1.807) is 10.8 Å². The molecule has 2 aromatic heterocycles. The molecule has 0 saturated carbocycles. The summed E-state index contributed by atoms with van der Waals surface area (Å²) in [4.78, 5) is 0. The molecular weight excluding hydrogens is 276 g/mol. The van der Waals surface area contributed by atoms with Crippen molar-refractivity contribution in [3.8, 4) is 11.1 Å². The van der Waals surface area contributed by atoms with Crippen LogP contribution in [0, 0.1) is 0 Å². The lowest BCUT2D eigenvalue weighted by molar-refractivity contribution is -0.000214. The van der Waals surface area contributed by atoms with Crippen LogP contribution in [-0.4, -0.2) is 34.0 Å². The average molecular weight is 294 g/mol. The molecule has 22 heavy (non-hydrogen) atoms. The Kier molecular flexibility index (Phi) is 3.36. The summed E-state index contributed by atoms with van der Waals surface area (Å²) in [5, 5.41) is 11.9. The van der Waals surface area contributed by atoms with Gasteiger partial charge in [-0.15, -0.1) is 0 Å². The van der Waals surface area contributed by atoms with Gasteiger partial charge in [0.15, 0.2) is 0 Å². The predicted molar refractivity (Wildman–Crippen MR) is 84.6 cm³/mol. The summed E-state index contributed by atoms with van der Waals surface area (Å²) in [6.07, 6.45) is 3.72. The quantitative estimate of drug-likeness (QED) is 0.789. The fraction of sp³-hybridized carbons (Fsp3) is 0.294. The van der Waals surface area contributed by atoms with Gasteiger partial charge in [0, 0.05) is 24.3 Å². The molecule has 1 aliphatic rings. The average Bonchev–Trinajstić information content (AvgIpc) is 3.00. The maximum Gasteiger partial charge on any atom is 0.0975 e. The first kappa shape index (κ1) is 13.4. The van der Waals surface area contributed by atoms with Crippen LogP contribution in [0.2, 0.25) is 0 Å². The second kappa shape index (κ2) is 5.51. The normalized spacial score (nSPS) is 22.0. The fourth-order valence-electron chi connectivity index (χ4n) is 3.02. The summed E-state index contributed by atoms with van der Waals surface area (Å²) in [5.41, 5.74) is 4.45. The van der Waals surface area contributed by atoms with Gasteiger partial charge in [-0.3, -0.25) is 0 Å². The second-order valence-electron chi connectivity index (χ2n) is 5.61. The first-order chi connectivity index (χ1) is 10.8. The molecule has 0 aliphatic carbocycles. The van der Waals surface area contributed by atoms with Crippen LogP contribution in [0.1, 0.15) is 18.6 Å². The highest BCUT2D eigenvalue weighted by Gasteiger charge is 2.23. The Balaban J connectivity index is 1.67. The number of benzene rings is 1. The van der Waals surface area contributed by atoms with Crippen molar-refractivity contribution in [2.75, 3.05) is 13.2 Å². The van der Waals surface area contributed by atoms with Crippen molar-refractivity contribution in [1.29, 1.82) is 0 Å². The second-order valence-corrected chi connectivity index (χ2v) is 5.61. The van der Waals surface area contributed by atoms with Crippen LogP contribution in [0.25, 0.3) is 16.6 Å². The zero-order valence-electron chi connectivity index (χ0n) is 12.4. The number of fused-ring (bicyclic) bond motifs is 1. The highest BCUT2D eigenvalue weighted by atomic mass is 16.5. The number of aromatic nitrogens is 3. The topological polar surface area (TPSA) is 51.5 Å². The molecule has 0 radical (unpaired) electrons. The molecule has 1 saturated heterocycles. The van der Waals surface area contributed by atoms with Crippen LogP contribution >= 0.6 is 0 Å². The van der Waals surface area contributed by atoms with Gasteiger partial charge >= 0.3 is 0 Å². The minimum atomic E-state index is 0.119. The van der Waals surface area contributed by atoms with Crippen molar-refractivity contribution in [2.45, 2.75) is 19.1 Å². The third-order valence-corrected chi connectivity index (χ3v) is 4.17. The van der Waals surface area contributed by atoms with Gasteiger partial charge in [0.25, 0.3) is 0 Å². The van der Waals surface area contributed by atoms with Gasteiger partial charge in [0.05, 0.1) is 24.4 Å².